The summed E-state index contributed by atoms with van der Waals surface area (Å²) in [6, 6.07) is 6.05. The minimum atomic E-state index is -3.62. The molecule has 1 aliphatic heterocycles. The molecule has 1 aromatic heterocycles. The van der Waals surface area contributed by atoms with Crippen molar-refractivity contribution in [3.05, 3.63) is 41.9 Å². The lowest BCUT2D eigenvalue weighted by Crippen LogP contribution is -2.41. The van der Waals surface area contributed by atoms with E-state index in [0.717, 1.165) is 16.8 Å². The van der Waals surface area contributed by atoms with Gasteiger partial charge in [-0.25, -0.2) is 13.4 Å². The number of benzene rings is 1. The normalized spacial score (nSPS) is 16.5. The van der Waals surface area contributed by atoms with Gasteiger partial charge in [0.05, 0.1) is 6.33 Å². The van der Waals surface area contributed by atoms with Crippen LogP contribution in [0.5, 0.6) is 0 Å². The Bertz CT molecular complexity index is 958. The number of amides is 1. The highest BCUT2D eigenvalue weighted by molar-refractivity contribution is 7.89. The lowest BCUT2D eigenvalue weighted by Gasteiger charge is -2.30. The van der Waals surface area contributed by atoms with Gasteiger partial charge < -0.3 is 9.88 Å². The number of hydrogen-bond acceptors (Lipinski definition) is 4. The molecular weight excluding hydrogens is 376 g/mol. The minimum absolute atomic E-state index is 0.0481. The highest BCUT2D eigenvalue weighted by atomic mass is 32.2. The van der Waals surface area contributed by atoms with Gasteiger partial charge in [0.25, 0.3) is 10.0 Å². The van der Waals surface area contributed by atoms with Gasteiger partial charge in [-0.3, -0.25) is 4.79 Å². The van der Waals surface area contributed by atoms with Gasteiger partial charge in [0.1, 0.15) is 0 Å². The number of imidazole rings is 1. The van der Waals surface area contributed by atoms with E-state index in [9.17, 15) is 13.2 Å². The van der Waals surface area contributed by atoms with Gasteiger partial charge in [0.15, 0.2) is 5.03 Å². The molecule has 1 amide bonds. The number of nitrogens with one attached hydrogen (secondary N) is 1. The second kappa shape index (κ2) is 8.05. The zero-order chi connectivity index (χ0) is 20.5. The summed E-state index contributed by atoms with van der Waals surface area (Å²) in [4.78, 5) is 16.7. The van der Waals surface area contributed by atoms with Crippen molar-refractivity contribution in [1.82, 2.24) is 13.9 Å². The fraction of sp³-hybridized carbons (Fsp3) is 0.500. The van der Waals surface area contributed by atoms with E-state index < -0.39 is 10.0 Å². The lowest BCUT2D eigenvalue weighted by atomic mass is 9.97. The molecule has 0 aliphatic carbocycles. The number of carbonyl (C=O) groups is 1. The van der Waals surface area contributed by atoms with E-state index >= 15 is 0 Å². The number of nitrogens with zero attached hydrogens (tertiary/aromatic N) is 3. The number of carbonyl (C=O) groups excluding carboxylic acids is 1. The summed E-state index contributed by atoms with van der Waals surface area (Å²) >= 11 is 0. The number of aromatic nitrogens is 2. The van der Waals surface area contributed by atoms with E-state index in [1.807, 2.05) is 45.9 Å². The largest absolute Gasteiger partial charge is 0.334 e. The molecule has 3 rings (SSSR count). The maximum Gasteiger partial charge on any atom is 0.262 e. The molecule has 7 nitrogen and oxygen atoms in total. The van der Waals surface area contributed by atoms with Crippen molar-refractivity contribution in [1.29, 1.82) is 0 Å². The van der Waals surface area contributed by atoms with Crippen molar-refractivity contribution in [3.63, 3.8) is 0 Å². The maximum absolute atomic E-state index is 12.8. The molecule has 0 saturated carbocycles. The maximum atomic E-state index is 12.8. The number of aryl methyl sites for hydroxylation is 2. The molecule has 0 spiro atoms. The highest BCUT2D eigenvalue weighted by Gasteiger charge is 2.33. The van der Waals surface area contributed by atoms with Crippen LogP contribution in [0.2, 0.25) is 0 Å². The van der Waals surface area contributed by atoms with Gasteiger partial charge in [0, 0.05) is 36.9 Å². The van der Waals surface area contributed by atoms with Crippen molar-refractivity contribution in [3.8, 4) is 0 Å². The zero-order valence-electron chi connectivity index (χ0n) is 16.8. The van der Waals surface area contributed by atoms with E-state index in [1.54, 1.807) is 17.1 Å². The summed E-state index contributed by atoms with van der Waals surface area (Å²) < 4.78 is 28.8. The van der Waals surface area contributed by atoms with E-state index in [4.69, 9.17) is 0 Å². The van der Waals surface area contributed by atoms with Crippen LogP contribution in [0.4, 0.5) is 5.69 Å². The van der Waals surface area contributed by atoms with Crippen LogP contribution >= 0.6 is 0 Å². The van der Waals surface area contributed by atoms with E-state index in [2.05, 4.69) is 10.3 Å². The summed E-state index contributed by atoms with van der Waals surface area (Å²) in [6.45, 7) is 8.56. The van der Waals surface area contributed by atoms with Crippen LogP contribution in [0.3, 0.4) is 0 Å². The predicted molar refractivity (Wildman–Crippen MR) is 109 cm³/mol. The Hall–Kier alpha value is -2.19. The predicted octanol–water partition coefficient (Wildman–Crippen LogP) is 3.12. The molecule has 152 valence electrons. The fourth-order valence-electron chi connectivity index (χ4n) is 3.41. The van der Waals surface area contributed by atoms with E-state index in [-0.39, 0.29) is 22.9 Å². The molecule has 1 aromatic carbocycles. The number of rotatable bonds is 5. The first-order valence-electron chi connectivity index (χ1n) is 9.60. The van der Waals surface area contributed by atoms with Crippen molar-refractivity contribution < 1.29 is 13.2 Å². The first-order valence-corrected chi connectivity index (χ1v) is 11.0. The molecule has 1 N–H and O–H groups in total. The summed E-state index contributed by atoms with van der Waals surface area (Å²) in [5.74, 6) is -0.242. The molecule has 1 fully saturated rings. The van der Waals surface area contributed by atoms with Crippen molar-refractivity contribution in [2.75, 3.05) is 18.4 Å². The zero-order valence-corrected chi connectivity index (χ0v) is 17.7. The molecular formula is C20H28N4O3S. The molecule has 1 saturated heterocycles. The summed E-state index contributed by atoms with van der Waals surface area (Å²) in [7, 11) is -3.62. The van der Waals surface area contributed by atoms with Crippen LogP contribution < -0.4 is 5.32 Å². The van der Waals surface area contributed by atoms with Gasteiger partial charge in [0.2, 0.25) is 5.91 Å². The quantitative estimate of drug-likeness (QED) is 0.830. The Morgan fingerprint density at radius 1 is 1.21 bits per heavy atom. The van der Waals surface area contributed by atoms with Crippen molar-refractivity contribution >= 4 is 21.6 Å². The number of piperidine rings is 1. The topological polar surface area (TPSA) is 84.3 Å². The molecule has 2 aromatic rings. The second-order valence-electron chi connectivity index (χ2n) is 7.74. The highest BCUT2D eigenvalue weighted by Crippen LogP contribution is 2.25. The third-order valence-electron chi connectivity index (χ3n) is 5.24. The van der Waals surface area contributed by atoms with Gasteiger partial charge in [-0.05, 0) is 52.2 Å². The first kappa shape index (κ1) is 20.5. The molecule has 28 heavy (non-hydrogen) atoms. The molecule has 1 aliphatic rings. The third kappa shape index (κ3) is 4.28. The Morgan fingerprint density at radius 3 is 2.46 bits per heavy atom. The smallest absolute Gasteiger partial charge is 0.262 e. The molecule has 0 unspecified atom stereocenters. The van der Waals surface area contributed by atoms with Crippen LogP contribution in [0.15, 0.2) is 35.7 Å². The van der Waals surface area contributed by atoms with Gasteiger partial charge in [-0.1, -0.05) is 17.7 Å². The van der Waals surface area contributed by atoms with E-state index in [1.165, 1.54) is 4.31 Å². The minimum Gasteiger partial charge on any atom is -0.334 e. The molecule has 0 atom stereocenters. The Balaban J connectivity index is 1.62. The Morgan fingerprint density at radius 2 is 1.89 bits per heavy atom. The van der Waals surface area contributed by atoms with Gasteiger partial charge in [-0.2, -0.15) is 4.31 Å². The Labute approximate surface area is 166 Å². The fourth-order valence-corrected chi connectivity index (χ4v) is 4.80. The third-order valence-corrected chi connectivity index (χ3v) is 7.03. The SMILES string of the molecule is Cc1ccc(NC(=O)C2CCN(S(=O)(=O)c3cn(C(C)C)cn3)CC2)c(C)c1. The number of sulfonamides is 1. The molecule has 8 heteroatoms. The van der Waals surface area contributed by atoms with Gasteiger partial charge in [-0.15, -0.1) is 0 Å². The van der Waals surface area contributed by atoms with Crippen LogP contribution in [0.1, 0.15) is 43.9 Å². The lowest BCUT2D eigenvalue weighted by molar-refractivity contribution is -0.120. The average molecular weight is 405 g/mol. The van der Waals surface area contributed by atoms with Crippen LogP contribution in [0, 0.1) is 19.8 Å². The average Bonchev–Trinajstić information content (AvgIpc) is 3.15. The summed E-state index contributed by atoms with van der Waals surface area (Å²) in [5, 5.41) is 3.05. The van der Waals surface area contributed by atoms with Gasteiger partial charge >= 0.3 is 0 Å². The number of anilines is 1. The second-order valence-corrected chi connectivity index (χ2v) is 9.62. The number of hydrogen-bond donors (Lipinski definition) is 1. The monoisotopic (exact) mass is 404 g/mol. The van der Waals surface area contributed by atoms with Crippen LogP contribution in [0.25, 0.3) is 0 Å². The molecule has 0 bridgehead atoms. The summed E-state index contributed by atoms with van der Waals surface area (Å²) in [5.41, 5.74) is 2.98. The van der Waals surface area contributed by atoms with Crippen molar-refractivity contribution in [2.45, 2.75) is 51.6 Å². The standard InChI is InChI=1S/C20H28N4O3S/c1-14(2)23-12-19(21-13-23)28(26,27)24-9-7-17(8-10-24)20(25)22-18-6-5-15(3)11-16(18)4/h5-6,11-14,17H,7-10H2,1-4H3,(H,22,25). The van der Waals surface area contributed by atoms with Crippen molar-refractivity contribution in [2.24, 2.45) is 5.92 Å². The first-order chi connectivity index (χ1) is 13.2. The molecule has 0 radical (unpaired) electrons. The Kier molecular flexibility index (Phi) is 5.90. The molecule has 2 heterocycles. The van der Waals surface area contributed by atoms with E-state index in [0.29, 0.717) is 25.9 Å². The van der Waals surface area contributed by atoms with Crippen LogP contribution in [-0.2, 0) is 14.8 Å². The van der Waals surface area contributed by atoms with Crippen LogP contribution in [-0.4, -0.2) is 41.3 Å². The summed E-state index contributed by atoms with van der Waals surface area (Å²) in [6.07, 6.45) is 4.11.